The zero-order chi connectivity index (χ0) is 19.3. The quantitative estimate of drug-likeness (QED) is 0.447. The average Bonchev–Trinajstić information content (AvgIpc) is 3.10. The number of halogens is 1. The number of nitrogens with zero attached hydrogens (tertiary/aromatic N) is 4. The van der Waals surface area contributed by atoms with Crippen molar-refractivity contribution in [3.05, 3.63) is 65.2 Å². The smallest absolute Gasteiger partial charge is 0.304 e. The molecule has 1 atom stereocenters. The van der Waals surface area contributed by atoms with Crippen molar-refractivity contribution in [2.45, 2.75) is 23.3 Å². The fourth-order valence-corrected chi connectivity index (χ4v) is 4.20. The molecule has 0 spiro atoms. The molecule has 28 heavy (non-hydrogen) atoms. The lowest BCUT2D eigenvalue weighted by molar-refractivity contribution is -0.149. The molecule has 5 rings (SSSR count). The first-order valence-corrected chi connectivity index (χ1v) is 9.75. The van der Waals surface area contributed by atoms with Crippen LogP contribution in [0, 0.1) is 0 Å². The van der Waals surface area contributed by atoms with E-state index in [9.17, 15) is 4.79 Å². The molecule has 0 saturated heterocycles. The lowest BCUT2D eigenvalue weighted by Crippen LogP contribution is -2.23. The molecular weight excluding hydrogens is 396 g/mol. The fraction of sp³-hybridized carbons (Fsp3) is 0.100. The van der Waals surface area contributed by atoms with Crippen LogP contribution in [0.25, 0.3) is 22.3 Å². The van der Waals surface area contributed by atoms with Crippen LogP contribution in [0.2, 0.25) is 5.02 Å². The van der Waals surface area contributed by atoms with Gasteiger partial charge in [0, 0.05) is 28.5 Å². The van der Waals surface area contributed by atoms with Crippen molar-refractivity contribution >= 4 is 40.2 Å². The van der Waals surface area contributed by atoms with Gasteiger partial charge in [-0.05, 0) is 48.2 Å². The van der Waals surface area contributed by atoms with Crippen LogP contribution >= 0.6 is 23.4 Å². The summed E-state index contributed by atoms with van der Waals surface area (Å²) in [6.07, 6.45) is -0.714. The molecule has 4 aromatic rings. The molecule has 0 N–H and O–H groups in total. The maximum Gasteiger partial charge on any atom is 0.304 e. The highest BCUT2D eigenvalue weighted by atomic mass is 35.5. The molecule has 6 nitrogen and oxygen atoms in total. The van der Waals surface area contributed by atoms with E-state index in [2.05, 4.69) is 10.1 Å². The largest absolute Gasteiger partial charge is 0.435 e. The Morgan fingerprint density at radius 3 is 2.71 bits per heavy atom. The summed E-state index contributed by atoms with van der Waals surface area (Å²) in [4.78, 5) is 21.2. The fourth-order valence-electron chi connectivity index (χ4n) is 3.11. The van der Waals surface area contributed by atoms with Gasteiger partial charge in [0.25, 0.3) is 0 Å². The predicted molar refractivity (Wildman–Crippen MR) is 106 cm³/mol. The number of rotatable bonds is 2. The summed E-state index contributed by atoms with van der Waals surface area (Å²) in [6, 6.07) is 17.1. The van der Waals surface area contributed by atoms with Gasteiger partial charge in [-0.1, -0.05) is 29.8 Å². The standard InChI is InChI=1S/C20H13ClN4O2S/c1-11(26)27-19-15-10-13-4-2-3-5-16(13)22-18(15)28-20-23-17(24-25(19)20)12-6-8-14(21)9-7-12/h2-10,19H,1H3. The summed E-state index contributed by atoms with van der Waals surface area (Å²) in [5.74, 6) is 0.138. The van der Waals surface area contributed by atoms with Gasteiger partial charge >= 0.3 is 5.97 Å². The molecule has 2 aromatic carbocycles. The lowest BCUT2D eigenvalue weighted by atomic mass is 10.1. The third kappa shape index (κ3) is 2.93. The first kappa shape index (κ1) is 17.2. The number of carbonyl (C=O) groups is 1. The third-order valence-corrected chi connectivity index (χ3v) is 5.61. The zero-order valence-corrected chi connectivity index (χ0v) is 16.2. The summed E-state index contributed by atoms with van der Waals surface area (Å²) in [5, 5.41) is 7.59. The zero-order valence-electron chi connectivity index (χ0n) is 14.7. The van der Waals surface area contributed by atoms with Gasteiger partial charge in [-0.15, -0.1) is 5.10 Å². The number of fused-ring (bicyclic) bond motifs is 3. The minimum atomic E-state index is -0.714. The minimum absolute atomic E-state index is 0.398. The number of ether oxygens (including phenoxy) is 1. The maximum atomic E-state index is 11.8. The number of para-hydroxylation sites is 1. The number of aromatic nitrogens is 4. The summed E-state index contributed by atoms with van der Waals surface area (Å²) in [6.45, 7) is 1.38. The van der Waals surface area contributed by atoms with E-state index in [0.29, 0.717) is 16.0 Å². The molecule has 0 saturated carbocycles. The number of benzene rings is 2. The van der Waals surface area contributed by atoms with Crippen molar-refractivity contribution in [2.75, 3.05) is 0 Å². The molecule has 2 aromatic heterocycles. The van der Waals surface area contributed by atoms with Crippen LogP contribution in [-0.2, 0) is 9.53 Å². The van der Waals surface area contributed by atoms with Crippen molar-refractivity contribution in [1.82, 2.24) is 19.7 Å². The molecule has 0 fully saturated rings. The summed E-state index contributed by atoms with van der Waals surface area (Å²) >= 11 is 7.38. The molecule has 0 radical (unpaired) electrons. The Bertz CT molecular complexity index is 1220. The molecule has 0 aliphatic carbocycles. The Kier molecular flexibility index (Phi) is 4.07. The molecule has 8 heteroatoms. The van der Waals surface area contributed by atoms with E-state index in [1.165, 1.54) is 18.7 Å². The Morgan fingerprint density at radius 1 is 1.14 bits per heavy atom. The highest BCUT2D eigenvalue weighted by Crippen LogP contribution is 2.42. The normalized spacial score (nSPS) is 15.1. The van der Waals surface area contributed by atoms with Gasteiger partial charge in [-0.3, -0.25) is 4.79 Å². The van der Waals surface area contributed by atoms with Crippen LogP contribution in [0.4, 0.5) is 0 Å². The van der Waals surface area contributed by atoms with Crippen LogP contribution in [0.15, 0.2) is 64.8 Å². The van der Waals surface area contributed by atoms with Crippen molar-refractivity contribution < 1.29 is 9.53 Å². The maximum absolute atomic E-state index is 11.8. The second-order valence-electron chi connectivity index (χ2n) is 6.31. The SMILES string of the molecule is CC(=O)OC1c2cc3ccccc3nc2Sc2nc(-c3ccc(Cl)cc3)nn21. The molecular formula is C20H13ClN4O2S. The van der Waals surface area contributed by atoms with Gasteiger partial charge < -0.3 is 4.74 Å². The number of pyridine rings is 1. The molecule has 1 aliphatic heterocycles. The van der Waals surface area contributed by atoms with Crippen LogP contribution in [-0.4, -0.2) is 25.7 Å². The van der Waals surface area contributed by atoms with Gasteiger partial charge in [0.05, 0.1) is 5.52 Å². The van der Waals surface area contributed by atoms with Crippen molar-refractivity contribution in [2.24, 2.45) is 0 Å². The Balaban J connectivity index is 1.66. The van der Waals surface area contributed by atoms with E-state index in [1.54, 1.807) is 16.8 Å². The van der Waals surface area contributed by atoms with Gasteiger partial charge in [0.1, 0.15) is 5.03 Å². The molecule has 138 valence electrons. The van der Waals surface area contributed by atoms with E-state index < -0.39 is 12.2 Å². The highest BCUT2D eigenvalue weighted by Gasteiger charge is 2.32. The van der Waals surface area contributed by atoms with Crippen LogP contribution < -0.4 is 0 Å². The summed E-state index contributed by atoms with van der Waals surface area (Å²) in [7, 11) is 0. The molecule has 3 heterocycles. The highest BCUT2D eigenvalue weighted by molar-refractivity contribution is 7.99. The van der Waals surface area contributed by atoms with E-state index in [4.69, 9.17) is 21.3 Å². The molecule has 0 bridgehead atoms. The topological polar surface area (TPSA) is 69.9 Å². The van der Waals surface area contributed by atoms with E-state index >= 15 is 0 Å². The Hall–Kier alpha value is -2.90. The summed E-state index contributed by atoms with van der Waals surface area (Å²) < 4.78 is 7.24. The van der Waals surface area contributed by atoms with Crippen LogP contribution in [0.5, 0.6) is 0 Å². The monoisotopic (exact) mass is 408 g/mol. The van der Waals surface area contributed by atoms with Gasteiger partial charge in [0.15, 0.2) is 11.0 Å². The number of hydrogen-bond acceptors (Lipinski definition) is 6. The number of carbonyl (C=O) groups excluding carboxylic acids is 1. The van der Waals surface area contributed by atoms with Crippen molar-refractivity contribution in [1.29, 1.82) is 0 Å². The summed E-state index contributed by atoms with van der Waals surface area (Å²) in [5.41, 5.74) is 2.50. The Morgan fingerprint density at radius 2 is 1.93 bits per heavy atom. The lowest BCUT2D eigenvalue weighted by Gasteiger charge is -2.24. The second kappa shape index (κ2) is 6.61. The Labute approximate surface area is 169 Å². The van der Waals surface area contributed by atoms with Gasteiger partial charge in [-0.25, -0.2) is 9.97 Å². The van der Waals surface area contributed by atoms with E-state index in [0.717, 1.165) is 27.1 Å². The average molecular weight is 409 g/mol. The van der Waals surface area contributed by atoms with E-state index in [1.807, 2.05) is 42.5 Å². The molecule has 0 amide bonds. The first-order chi connectivity index (χ1) is 13.6. The van der Waals surface area contributed by atoms with E-state index in [-0.39, 0.29) is 0 Å². The second-order valence-corrected chi connectivity index (χ2v) is 7.70. The number of esters is 1. The minimum Gasteiger partial charge on any atom is -0.435 e. The molecule has 1 unspecified atom stereocenters. The third-order valence-electron chi connectivity index (χ3n) is 4.37. The van der Waals surface area contributed by atoms with Crippen molar-refractivity contribution in [3.8, 4) is 11.4 Å². The number of hydrogen-bond donors (Lipinski definition) is 0. The predicted octanol–water partition coefficient (Wildman–Crippen LogP) is 4.72. The first-order valence-electron chi connectivity index (χ1n) is 8.56. The van der Waals surface area contributed by atoms with Crippen molar-refractivity contribution in [3.63, 3.8) is 0 Å². The van der Waals surface area contributed by atoms with Crippen LogP contribution in [0.3, 0.4) is 0 Å². The van der Waals surface area contributed by atoms with Gasteiger partial charge in [-0.2, -0.15) is 4.68 Å². The van der Waals surface area contributed by atoms with Crippen LogP contribution in [0.1, 0.15) is 18.7 Å². The van der Waals surface area contributed by atoms with Gasteiger partial charge in [0.2, 0.25) is 6.23 Å². The molecule has 1 aliphatic rings.